The van der Waals surface area contributed by atoms with Crippen molar-refractivity contribution in [3.05, 3.63) is 83.0 Å². The van der Waals surface area contributed by atoms with Gasteiger partial charge in [-0.1, -0.05) is 43.0 Å². The van der Waals surface area contributed by atoms with Gasteiger partial charge in [0, 0.05) is 19.3 Å². The lowest BCUT2D eigenvalue weighted by Gasteiger charge is -2.08. The summed E-state index contributed by atoms with van der Waals surface area (Å²) in [7, 11) is 0. The van der Waals surface area contributed by atoms with Gasteiger partial charge in [0.25, 0.3) is 5.56 Å². The Kier molecular flexibility index (Phi) is 5.31. The van der Waals surface area contributed by atoms with E-state index in [2.05, 4.69) is 27.2 Å². The van der Waals surface area contributed by atoms with Gasteiger partial charge in [-0.25, -0.2) is 4.98 Å². The van der Waals surface area contributed by atoms with Crippen LogP contribution in [-0.2, 0) is 6.54 Å². The molecule has 4 aromatic rings. The van der Waals surface area contributed by atoms with Crippen molar-refractivity contribution >= 4 is 16.8 Å². The van der Waals surface area contributed by atoms with Crippen molar-refractivity contribution in [2.75, 3.05) is 13.1 Å². The molecule has 0 amide bonds. The van der Waals surface area contributed by atoms with Crippen molar-refractivity contribution in [1.29, 1.82) is 0 Å². The van der Waals surface area contributed by atoms with Crippen LogP contribution in [-0.4, -0.2) is 27.5 Å². The Hall–Kier alpha value is -3.58. The molecule has 0 aliphatic carbocycles. The van der Waals surface area contributed by atoms with E-state index < -0.39 is 0 Å². The van der Waals surface area contributed by atoms with Gasteiger partial charge < -0.3 is 16.4 Å². The Bertz CT molecular complexity index is 1210. The number of benzene rings is 2. The van der Waals surface area contributed by atoms with Gasteiger partial charge in [0.2, 0.25) is 5.78 Å². The summed E-state index contributed by atoms with van der Waals surface area (Å²) in [6, 6.07) is 15.9. The number of aromatic amines is 1. The number of rotatable bonds is 8. The summed E-state index contributed by atoms with van der Waals surface area (Å²) in [5, 5.41) is 6.40. The largest absolute Gasteiger partial charge is 0.386 e. The highest BCUT2D eigenvalue weighted by atomic mass is 16.1. The Morgan fingerprint density at radius 1 is 1.14 bits per heavy atom. The quantitative estimate of drug-likeness (QED) is 0.347. The molecule has 148 valence electrons. The molecule has 29 heavy (non-hydrogen) atoms. The van der Waals surface area contributed by atoms with E-state index in [4.69, 9.17) is 5.73 Å². The van der Waals surface area contributed by atoms with Crippen molar-refractivity contribution < 1.29 is 0 Å². The molecule has 7 heteroatoms. The van der Waals surface area contributed by atoms with Gasteiger partial charge in [-0.2, -0.15) is 0 Å². The number of fused-ring (bicyclic) bond motifs is 3. The molecule has 0 saturated carbocycles. The average Bonchev–Trinajstić information content (AvgIpc) is 3.07. The number of nitrogens with two attached hydrogens (primary N) is 1. The Balaban J connectivity index is 1.48. The molecule has 7 nitrogen and oxygen atoms in total. The van der Waals surface area contributed by atoms with Crippen LogP contribution in [0.1, 0.15) is 12.0 Å². The summed E-state index contributed by atoms with van der Waals surface area (Å²) >= 11 is 0. The molecule has 0 saturated heterocycles. The first-order chi connectivity index (χ1) is 14.1. The van der Waals surface area contributed by atoms with Crippen molar-refractivity contribution in [2.24, 2.45) is 5.73 Å². The molecule has 0 aliphatic heterocycles. The first kappa shape index (κ1) is 18.8. The zero-order valence-electron chi connectivity index (χ0n) is 16.1. The van der Waals surface area contributed by atoms with Crippen LogP contribution in [0.4, 0.5) is 0 Å². The first-order valence-corrected chi connectivity index (χ1v) is 9.60. The predicted molar refractivity (Wildman–Crippen MR) is 116 cm³/mol. The zero-order chi connectivity index (χ0) is 20.2. The van der Waals surface area contributed by atoms with Gasteiger partial charge in [-0.3, -0.25) is 14.2 Å². The zero-order valence-corrected chi connectivity index (χ0v) is 16.1. The number of para-hydroxylation sites is 2. The van der Waals surface area contributed by atoms with E-state index >= 15 is 0 Å². The molecule has 0 aliphatic rings. The number of H-pyrrole nitrogens is 1. The molecule has 0 atom stereocenters. The highest BCUT2D eigenvalue weighted by molar-refractivity contribution is 5.80. The standard InChI is InChI=1S/C22H24N6O/c1-15(23)25-12-4-11-24-13-16-7-9-17(10-8-16)18-14-28-20-6-3-2-5-19(20)26-22(28)27-21(18)29/h2-3,5-10,14,24-25H,1,4,11-13,23H2,(H,26,27,29). The summed E-state index contributed by atoms with van der Waals surface area (Å²) < 4.78 is 1.92. The Morgan fingerprint density at radius 2 is 1.93 bits per heavy atom. The predicted octanol–water partition coefficient (Wildman–Crippen LogP) is 2.34. The third kappa shape index (κ3) is 4.14. The summed E-state index contributed by atoms with van der Waals surface area (Å²) in [6.45, 7) is 6.06. The number of nitrogens with one attached hydrogen (secondary N) is 3. The van der Waals surface area contributed by atoms with E-state index in [0.29, 0.717) is 17.2 Å². The fraction of sp³-hybridized carbons (Fsp3) is 0.182. The molecule has 2 aromatic heterocycles. The van der Waals surface area contributed by atoms with Gasteiger partial charge in [-0.15, -0.1) is 0 Å². The minimum Gasteiger partial charge on any atom is -0.386 e. The van der Waals surface area contributed by atoms with Crippen LogP contribution in [0.25, 0.3) is 27.9 Å². The Morgan fingerprint density at radius 3 is 2.72 bits per heavy atom. The maximum absolute atomic E-state index is 12.6. The monoisotopic (exact) mass is 388 g/mol. The molecular weight excluding hydrogens is 364 g/mol. The summed E-state index contributed by atoms with van der Waals surface area (Å²) in [5.41, 5.74) is 9.80. The van der Waals surface area contributed by atoms with E-state index in [1.807, 2.05) is 59.1 Å². The molecule has 0 radical (unpaired) electrons. The van der Waals surface area contributed by atoms with Gasteiger partial charge in [0.1, 0.15) is 0 Å². The molecule has 0 bridgehead atoms. The van der Waals surface area contributed by atoms with Gasteiger partial charge >= 0.3 is 0 Å². The van der Waals surface area contributed by atoms with Crippen molar-refractivity contribution in [3.63, 3.8) is 0 Å². The molecule has 0 unspecified atom stereocenters. The summed E-state index contributed by atoms with van der Waals surface area (Å²) in [4.78, 5) is 19.9. The van der Waals surface area contributed by atoms with Crippen LogP contribution in [0.2, 0.25) is 0 Å². The second-order valence-corrected chi connectivity index (χ2v) is 6.97. The fourth-order valence-electron chi connectivity index (χ4n) is 3.32. The lowest BCUT2D eigenvalue weighted by atomic mass is 10.1. The van der Waals surface area contributed by atoms with Crippen LogP contribution >= 0.6 is 0 Å². The SMILES string of the molecule is C=C(N)NCCCNCc1ccc(-c2cn3c(nc4ccccc43)[nH]c2=O)cc1. The van der Waals surface area contributed by atoms with Crippen LogP contribution < -0.4 is 21.9 Å². The third-order valence-electron chi connectivity index (χ3n) is 4.80. The highest BCUT2D eigenvalue weighted by Gasteiger charge is 2.10. The topological polar surface area (TPSA) is 100 Å². The molecular formula is C22H24N6O. The molecule has 2 aromatic carbocycles. The lowest BCUT2D eigenvalue weighted by molar-refractivity contribution is 0.625. The number of aromatic nitrogens is 3. The number of hydrogen-bond donors (Lipinski definition) is 4. The maximum atomic E-state index is 12.6. The maximum Gasteiger partial charge on any atom is 0.260 e. The Labute approximate surface area is 168 Å². The van der Waals surface area contributed by atoms with Gasteiger partial charge in [0.05, 0.1) is 22.4 Å². The molecule has 0 fully saturated rings. The van der Waals surface area contributed by atoms with E-state index in [1.165, 1.54) is 0 Å². The van der Waals surface area contributed by atoms with Crippen LogP contribution in [0.15, 0.2) is 71.9 Å². The van der Waals surface area contributed by atoms with E-state index in [9.17, 15) is 4.79 Å². The fourth-order valence-corrected chi connectivity index (χ4v) is 3.32. The number of hydrogen-bond acceptors (Lipinski definition) is 5. The second-order valence-electron chi connectivity index (χ2n) is 6.97. The van der Waals surface area contributed by atoms with Crippen LogP contribution in [0.5, 0.6) is 0 Å². The van der Waals surface area contributed by atoms with Crippen LogP contribution in [0.3, 0.4) is 0 Å². The summed E-state index contributed by atoms with van der Waals surface area (Å²) in [6.07, 6.45) is 2.82. The van der Waals surface area contributed by atoms with Gasteiger partial charge in [-0.05, 0) is 36.2 Å². The third-order valence-corrected chi connectivity index (χ3v) is 4.80. The minimum absolute atomic E-state index is 0.146. The molecule has 5 N–H and O–H groups in total. The van der Waals surface area contributed by atoms with Crippen molar-refractivity contribution in [3.8, 4) is 11.1 Å². The first-order valence-electron chi connectivity index (χ1n) is 9.60. The summed E-state index contributed by atoms with van der Waals surface area (Å²) in [5.74, 6) is 1.05. The highest BCUT2D eigenvalue weighted by Crippen LogP contribution is 2.19. The average molecular weight is 388 g/mol. The van der Waals surface area contributed by atoms with Crippen molar-refractivity contribution in [2.45, 2.75) is 13.0 Å². The number of imidazole rings is 1. The minimum atomic E-state index is -0.146. The lowest BCUT2D eigenvalue weighted by Crippen LogP contribution is -2.24. The van der Waals surface area contributed by atoms with E-state index in [0.717, 1.165) is 48.2 Å². The molecule has 4 rings (SSSR count). The number of nitrogens with zero attached hydrogens (tertiary/aromatic N) is 2. The second kappa shape index (κ2) is 8.20. The van der Waals surface area contributed by atoms with Crippen LogP contribution in [0, 0.1) is 0 Å². The molecule has 2 heterocycles. The van der Waals surface area contributed by atoms with E-state index in [1.54, 1.807) is 0 Å². The normalized spacial score (nSPS) is 11.2. The van der Waals surface area contributed by atoms with E-state index in [-0.39, 0.29) is 5.56 Å². The van der Waals surface area contributed by atoms with Gasteiger partial charge in [0.15, 0.2) is 0 Å². The smallest absolute Gasteiger partial charge is 0.260 e. The molecule has 0 spiro atoms. The van der Waals surface area contributed by atoms with Crippen molar-refractivity contribution in [1.82, 2.24) is 25.0 Å².